The summed E-state index contributed by atoms with van der Waals surface area (Å²) in [5.74, 6) is -0.167. The maximum Gasteiger partial charge on any atom is 0.325 e. The summed E-state index contributed by atoms with van der Waals surface area (Å²) in [5.41, 5.74) is 1.80. The molecule has 0 radical (unpaired) electrons. The molecule has 8 heteroatoms. The second-order valence-electron chi connectivity index (χ2n) is 8.10. The standard InChI is InChI=1S/C24H26N4O4/c1-24(13-16-7-3-6-10-20(16)32-2)22(30)28(23(31)27-24)15-21(29)25-12-11-17-14-26-19-9-5-4-8-18(17)19/h3-10,14,26H,11-13,15H2,1-2H3,(H,25,29)(H,27,31). The Morgan fingerprint density at radius 3 is 2.66 bits per heavy atom. The minimum absolute atomic E-state index is 0.264. The number of carbonyl (C=O) groups excluding carboxylic acids is 3. The molecule has 2 aromatic carbocycles. The summed E-state index contributed by atoms with van der Waals surface area (Å²) >= 11 is 0. The van der Waals surface area contributed by atoms with E-state index in [0.29, 0.717) is 18.7 Å². The first-order valence-electron chi connectivity index (χ1n) is 10.5. The largest absolute Gasteiger partial charge is 0.496 e. The van der Waals surface area contributed by atoms with Crippen LogP contribution < -0.4 is 15.4 Å². The number of hydrogen-bond acceptors (Lipinski definition) is 4. The molecule has 0 aliphatic carbocycles. The summed E-state index contributed by atoms with van der Waals surface area (Å²) in [6.07, 6.45) is 2.83. The summed E-state index contributed by atoms with van der Waals surface area (Å²) in [6.45, 7) is 1.75. The number of fused-ring (bicyclic) bond motifs is 1. The Bertz CT molecular complexity index is 1170. The van der Waals surface area contributed by atoms with Crippen LogP contribution in [0.25, 0.3) is 10.9 Å². The van der Waals surface area contributed by atoms with Crippen LogP contribution >= 0.6 is 0 Å². The number of benzene rings is 2. The molecule has 4 amide bonds. The van der Waals surface area contributed by atoms with E-state index in [1.54, 1.807) is 20.1 Å². The van der Waals surface area contributed by atoms with Gasteiger partial charge in [0.15, 0.2) is 0 Å². The summed E-state index contributed by atoms with van der Waals surface area (Å²) in [4.78, 5) is 42.1. The number of aromatic nitrogens is 1. The van der Waals surface area contributed by atoms with Gasteiger partial charge in [-0.25, -0.2) is 4.79 Å². The zero-order valence-corrected chi connectivity index (χ0v) is 18.1. The van der Waals surface area contributed by atoms with Crippen LogP contribution in [0.15, 0.2) is 54.7 Å². The van der Waals surface area contributed by atoms with E-state index in [-0.39, 0.29) is 18.9 Å². The molecule has 1 fully saturated rings. The zero-order chi connectivity index (χ0) is 22.7. The van der Waals surface area contributed by atoms with E-state index < -0.39 is 17.5 Å². The summed E-state index contributed by atoms with van der Waals surface area (Å²) in [7, 11) is 1.56. The third kappa shape index (κ3) is 4.16. The molecule has 3 aromatic rings. The maximum absolute atomic E-state index is 13.0. The van der Waals surface area contributed by atoms with Gasteiger partial charge in [0, 0.05) is 30.1 Å². The van der Waals surface area contributed by atoms with Gasteiger partial charge >= 0.3 is 6.03 Å². The molecule has 2 heterocycles. The molecular formula is C24H26N4O4. The zero-order valence-electron chi connectivity index (χ0n) is 18.1. The normalized spacial score (nSPS) is 18.1. The van der Waals surface area contributed by atoms with E-state index in [0.717, 1.165) is 26.9 Å². The van der Waals surface area contributed by atoms with Crippen molar-refractivity contribution in [2.45, 2.75) is 25.3 Å². The van der Waals surface area contributed by atoms with E-state index in [1.807, 2.05) is 48.7 Å². The Hall–Kier alpha value is -3.81. The Labute approximate surface area is 185 Å². The lowest BCUT2D eigenvalue weighted by atomic mass is 9.92. The average Bonchev–Trinajstić information content (AvgIpc) is 3.28. The lowest BCUT2D eigenvalue weighted by Crippen LogP contribution is -2.47. The number of carbonyl (C=O) groups is 3. The molecule has 1 aliphatic heterocycles. The first-order chi connectivity index (χ1) is 15.4. The van der Waals surface area contributed by atoms with Crippen LogP contribution in [-0.2, 0) is 22.4 Å². The van der Waals surface area contributed by atoms with Crippen molar-refractivity contribution >= 4 is 28.7 Å². The molecule has 8 nitrogen and oxygen atoms in total. The van der Waals surface area contributed by atoms with Gasteiger partial charge in [0.25, 0.3) is 5.91 Å². The van der Waals surface area contributed by atoms with Gasteiger partial charge in [0.05, 0.1) is 7.11 Å². The van der Waals surface area contributed by atoms with Crippen LogP contribution in [0.3, 0.4) is 0 Å². The smallest absolute Gasteiger partial charge is 0.325 e. The van der Waals surface area contributed by atoms with Crippen LogP contribution in [0.1, 0.15) is 18.1 Å². The number of hydrogen-bond donors (Lipinski definition) is 3. The highest BCUT2D eigenvalue weighted by molar-refractivity contribution is 6.09. The fourth-order valence-corrected chi connectivity index (χ4v) is 4.11. The average molecular weight is 434 g/mol. The van der Waals surface area contributed by atoms with Crippen LogP contribution in [0, 0.1) is 0 Å². The van der Waals surface area contributed by atoms with Crippen molar-refractivity contribution in [1.29, 1.82) is 0 Å². The molecule has 32 heavy (non-hydrogen) atoms. The Balaban J connectivity index is 1.35. The predicted molar refractivity (Wildman–Crippen MR) is 120 cm³/mol. The van der Waals surface area contributed by atoms with Crippen molar-refractivity contribution in [3.05, 3.63) is 65.9 Å². The van der Waals surface area contributed by atoms with Crippen molar-refractivity contribution in [3.63, 3.8) is 0 Å². The second kappa shape index (κ2) is 8.74. The monoisotopic (exact) mass is 434 g/mol. The maximum atomic E-state index is 13.0. The number of amides is 4. The Morgan fingerprint density at radius 1 is 1.09 bits per heavy atom. The number of ether oxygens (including phenoxy) is 1. The molecule has 1 aromatic heterocycles. The molecule has 1 atom stereocenters. The summed E-state index contributed by atoms with van der Waals surface area (Å²) < 4.78 is 5.35. The first kappa shape index (κ1) is 21.4. The molecule has 0 saturated carbocycles. The molecule has 1 saturated heterocycles. The highest BCUT2D eigenvalue weighted by atomic mass is 16.5. The predicted octanol–water partition coefficient (Wildman–Crippen LogP) is 2.39. The summed E-state index contributed by atoms with van der Waals surface area (Å²) in [5, 5.41) is 6.65. The third-order valence-electron chi connectivity index (χ3n) is 5.77. The highest BCUT2D eigenvalue weighted by Crippen LogP contribution is 2.27. The Kier molecular flexibility index (Phi) is 5.85. The number of nitrogens with zero attached hydrogens (tertiary/aromatic N) is 1. The van der Waals surface area contributed by atoms with Gasteiger partial charge in [0.1, 0.15) is 17.8 Å². The van der Waals surface area contributed by atoms with Gasteiger partial charge in [0.2, 0.25) is 5.91 Å². The van der Waals surface area contributed by atoms with Crippen LogP contribution in [0.2, 0.25) is 0 Å². The third-order valence-corrected chi connectivity index (χ3v) is 5.77. The van der Waals surface area contributed by atoms with E-state index in [9.17, 15) is 14.4 Å². The van der Waals surface area contributed by atoms with Gasteiger partial charge in [-0.2, -0.15) is 0 Å². The van der Waals surface area contributed by atoms with Crippen molar-refractivity contribution in [2.24, 2.45) is 0 Å². The molecule has 166 valence electrons. The van der Waals surface area contributed by atoms with E-state index in [4.69, 9.17) is 4.74 Å². The van der Waals surface area contributed by atoms with Crippen LogP contribution in [0.5, 0.6) is 5.75 Å². The number of aromatic amines is 1. The van der Waals surface area contributed by atoms with Gasteiger partial charge < -0.3 is 20.4 Å². The van der Waals surface area contributed by atoms with E-state index in [1.165, 1.54) is 0 Å². The number of H-pyrrole nitrogens is 1. The fraction of sp³-hybridized carbons (Fsp3) is 0.292. The number of urea groups is 1. The second-order valence-corrected chi connectivity index (χ2v) is 8.10. The lowest BCUT2D eigenvalue weighted by Gasteiger charge is -2.22. The van der Waals surface area contributed by atoms with Gasteiger partial charge in [-0.15, -0.1) is 0 Å². The highest BCUT2D eigenvalue weighted by Gasteiger charge is 2.48. The van der Waals surface area contributed by atoms with Gasteiger partial charge in [-0.05, 0) is 36.6 Å². The van der Waals surface area contributed by atoms with Gasteiger partial charge in [-0.1, -0.05) is 36.4 Å². The van der Waals surface area contributed by atoms with Crippen molar-refractivity contribution in [2.75, 3.05) is 20.2 Å². The number of methoxy groups -OCH3 is 1. The van der Waals surface area contributed by atoms with E-state index >= 15 is 0 Å². The molecule has 0 bridgehead atoms. The molecule has 3 N–H and O–H groups in total. The quantitative estimate of drug-likeness (QED) is 0.474. The minimum Gasteiger partial charge on any atom is -0.496 e. The number of para-hydroxylation sites is 2. The van der Waals surface area contributed by atoms with E-state index in [2.05, 4.69) is 15.6 Å². The molecule has 4 rings (SSSR count). The number of rotatable bonds is 8. The minimum atomic E-state index is -1.14. The van der Waals surface area contributed by atoms with Crippen molar-refractivity contribution < 1.29 is 19.1 Å². The molecule has 1 unspecified atom stereocenters. The Morgan fingerprint density at radius 2 is 1.84 bits per heavy atom. The van der Waals surface area contributed by atoms with Crippen LogP contribution in [0.4, 0.5) is 4.79 Å². The SMILES string of the molecule is COc1ccccc1CC1(C)NC(=O)N(CC(=O)NCCc2c[nH]c3ccccc23)C1=O. The fourth-order valence-electron chi connectivity index (χ4n) is 4.11. The lowest BCUT2D eigenvalue weighted by molar-refractivity contribution is -0.134. The number of imide groups is 1. The topological polar surface area (TPSA) is 104 Å². The van der Waals surface area contributed by atoms with Crippen molar-refractivity contribution in [1.82, 2.24) is 20.5 Å². The van der Waals surface area contributed by atoms with Crippen LogP contribution in [-0.4, -0.2) is 53.5 Å². The number of nitrogens with one attached hydrogen (secondary N) is 3. The van der Waals surface area contributed by atoms with Gasteiger partial charge in [-0.3, -0.25) is 14.5 Å². The summed E-state index contributed by atoms with van der Waals surface area (Å²) in [6, 6.07) is 14.7. The molecule has 0 spiro atoms. The first-order valence-corrected chi connectivity index (χ1v) is 10.5. The van der Waals surface area contributed by atoms with Crippen molar-refractivity contribution in [3.8, 4) is 5.75 Å². The molecule has 1 aliphatic rings. The molecular weight excluding hydrogens is 408 g/mol.